The Kier molecular flexibility index (Phi) is 6.68. The lowest BCUT2D eigenvalue weighted by Gasteiger charge is -2.26. The highest BCUT2D eigenvalue weighted by Crippen LogP contribution is 2.51. The Hall–Kier alpha value is -3.43. The van der Waals surface area contributed by atoms with E-state index in [1.54, 1.807) is 30.3 Å². The summed E-state index contributed by atoms with van der Waals surface area (Å²) in [4.78, 5) is 25.6. The molecule has 0 unspecified atom stereocenters. The zero-order chi connectivity index (χ0) is 26.3. The van der Waals surface area contributed by atoms with Crippen LogP contribution in [0, 0.1) is 17.0 Å². The molecule has 8 nitrogen and oxygen atoms in total. The molecule has 0 radical (unpaired) electrons. The molecule has 37 heavy (non-hydrogen) atoms. The summed E-state index contributed by atoms with van der Waals surface area (Å²) in [6.07, 6.45) is 0. The van der Waals surface area contributed by atoms with Crippen molar-refractivity contribution in [3.05, 3.63) is 97.5 Å². The molecule has 0 aliphatic carbocycles. The quantitative estimate of drug-likeness (QED) is 0.297. The second kappa shape index (κ2) is 9.79. The zero-order valence-electron chi connectivity index (χ0n) is 20.8. The van der Waals surface area contributed by atoms with E-state index in [1.807, 2.05) is 51.1 Å². The van der Waals surface area contributed by atoms with Crippen LogP contribution < -0.4 is 20.1 Å². The van der Waals surface area contributed by atoms with Gasteiger partial charge in [0.05, 0.1) is 17.0 Å². The number of hydrogen-bond acceptors (Lipinski definition) is 6. The van der Waals surface area contributed by atoms with E-state index in [9.17, 15) is 14.9 Å². The minimum Gasteiger partial charge on any atom is -0.490 e. The van der Waals surface area contributed by atoms with Crippen molar-refractivity contribution < 1.29 is 19.2 Å². The van der Waals surface area contributed by atoms with Gasteiger partial charge in [-0.05, 0) is 66.0 Å². The number of anilines is 1. The topological polar surface area (TPSA) is 103 Å². The highest BCUT2D eigenvalue weighted by Gasteiger charge is 2.67. The van der Waals surface area contributed by atoms with E-state index in [0.717, 1.165) is 5.56 Å². The number of amides is 1. The molecule has 1 fully saturated rings. The SMILES string of the molecule is CCOc1cc([C@@H]2[C@H](C)N[C@]3(C(=O)Nc4ccccc43)[C@@H]2[N+](=O)[O-])cc(Br)c1OCc1ccc(C)cc1. The van der Waals surface area contributed by atoms with Gasteiger partial charge in [0.2, 0.25) is 0 Å². The number of halogens is 1. The molecule has 2 N–H and O–H groups in total. The predicted octanol–water partition coefficient (Wildman–Crippen LogP) is 5.30. The third-order valence-corrected chi connectivity index (χ3v) is 7.77. The number of nitrogens with one attached hydrogen (secondary N) is 2. The van der Waals surface area contributed by atoms with Crippen LogP contribution in [0.2, 0.25) is 0 Å². The summed E-state index contributed by atoms with van der Waals surface area (Å²) in [7, 11) is 0. The second-order valence-electron chi connectivity index (χ2n) is 9.53. The number of nitrogens with zero attached hydrogens (tertiary/aromatic N) is 1. The Morgan fingerprint density at radius 1 is 1.11 bits per heavy atom. The van der Waals surface area contributed by atoms with Gasteiger partial charge in [-0.15, -0.1) is 0 Å². The number of ether oxygens (including phenoxy) is 2. The van der Waals surface area contributed by atoms with E-state index < -0.39 is 23.4 Å². The first kappa shape index (κ1) is 25.2. The van der Waals surface area contributed by atoms with Crippen molar-refractivity contribution in [2.24, 2.45) is 0 Å². The Bertz CT molecular complexity index is 1360. The third kappa shape index (κ3) is 4.26. The van der Waals surface area contributed by atoms with Crippen LogP contribution in [0.25, 0.3) is 0 Å². The molecule has 2 aliphatic heterocycles. The lowest BCUT2D eigenvalue weighted by atomic mass is 9.78. The van der Waals surface area contributed by atoms with Crippen LogP contribution in [-0.4, -0.2) is 29.5 Å². The fourth-order valence-electron chi connectivity index (χ4n) is 5.58. The van der Waals surface area contributed by atoms with Gasteiger partial charge in [-0.3, -0.25) is 20.2 Å². The first-order valence-corrected chi connectivity index (χ1v) is 13.0. The van der Waals surface area contributed by atoms with Gasteiger partial charge in [0, 0.05) is 22.2 Å². The molecule has 9 heteroatoms. The van der Waals surface area contributed by atoms with Gasteiger partial charge in [-0.2, -0.15) is 0 Å². The molecule has 0 saturated carbocycles. The van der Waals surface area contributed by atoms with Gasteiger partial charge in [0.1, 0.15) is 6.61 Å². The molecule has 2 aliphatic rings. The molecular weight excluding hydrogens is 538 g/mol. The van der Waals surface area contributed by atoms with E-state index in [-0.39, 0.29) is 11.0 Å². The zero-order valence-corrected chi connectivity index (χ0v) is 22.4. The van der Waals surface area contributed by atoms with E-state index in [0.29, 0.717) is 46.0 Å². The largest absolute Gasteiger partial charge is 0.490 e. The minimum absolute atomic E-state index is 0.334. The van der Waals surface area contributed by atoms with Gasteiger partial charge in [0.15, 0.2) is 17.0 Å². The van der Waals surface area contributed by atoms with Gasteiger partial charge >= 0.3 is 0 Å². The van der Waals surface area contributed by atoms with Crippen molar-refractivity contribution in [3.63, 3.8) is 0 Å². The van der Waals surface area contributed by atoms with Gasteiger partial charge in [0.25, 0.3) is 11.9 Å². The van der Waals surface area contributed by atoms with E-state index >= 15 is 0 Å². The number of hydrogen-bond donors (Lipinski definition) is 2. The van der Waals surface area contributed by atoms with Crippen molar-refractivity contribution in [1.29, 1.82) is 0 Å². The summed E-state index contributed by atoms with van der Waals surface area (Å²) >= 11 is 3.62. The van der Waals surface area contributed by atoms with Gasteiger partial charge in [-0.1, -0.05) is 48.0 Å². The molecule has 0 aromatic heterocycles. The van der Waals surface area contributed by atoms with E-state index in [4.69, 9.17) is 9.47 Å². The van der Waals surface area contributed by atoms with E-state index in [2.05, 4.69) is 26.6 Å². The van der Waals surface area contributed by atoms with Crippen LogP contribution >= 0.6 is 15.9 Å². The minimum atomic E-state index is -1.47. The first-order chi connectivity index (χ1) is 17.8. The number of carbonyl (C=O) groups excluding carboxylic acids is 1. The maximum atomic E-state index is 13.3. The van der Waals surface area contributed by atoms with Crippen LogP contribution in [0.5, 0.6) is 11.5 Å². The maximum Gasteiger partial charge on any atom is 0.256 e. The summed E-state index contributed by atoms with van der Waals surface area (Å²) in [5.41, 5.74) is 2.59. The van der Waals surface area contributed by atoms with Crippen molar-refractivity contribution in [1.82, 2.24) is 5.32 Å². The van der Waals surface area contributed by atoms with E-state index in [1.165, 1.54) is 5.56 Å². The van der Waals surface area contributed by atoms with Crippen LogP contribution in [0.15, 0.2) is 65.1 Å². The molecule has 1 amide bonds. The lowest BCUT2D eigenvalue weighted by molar-refractivity contribution is -0.532. The number of fused-ring (bicyclic) bond motifs is 2. The standard InChI is InChI=1S/C28H28BrN3O5/c1-4-36-23-14-19(13-21(29)25(23)37-15-18-11-9-16(2)10-12-18)24-17(3)31-28(26(24)32(34)35)20-7-5-6-8-22(20)30-27(28)33/h5-14,17,24,26,31H,4,15H2,1-3H3,(H,30,33)/t17-,24-,26+,28-/m0/s1. The van der Waals surface area contributed by atoms with Crippen molar-refractivity contribution >= 4 is 27.5 Å². The molecule has 192 valence electrons. The van der Waals surface area contributed by atoms with Crippen LogP contribution in [-0.2, 0) is 16.9 Å². The average molecular weight is 566 g/mol. The average Bonchev–Trinajstić information content (AvgIpc) is 3.33. The smallest absolute Gasteiger partial charge is 0.256 e. The molecule has 2 heterocycles. The van der Waals surface area contributed by atoms with Crippen LogP contribution in [0.1, 0.15) is 42.0 Å². The molecule has 3 aromatic carbocycles. The summed E-state index contributed by atoms with van der Waals surface area (Å²) in [6.45, 7) is 6.52. The van der Waals surface area contributed by atoms with Crippen molar-refractivity contribution in [3.8, 4) is 11.5 Å². The monoisotopic (exact) mass is 565 g/mol. The maximum absolute atomic E-state index is 13.3. The second-order valence-corrected chi connectivity index (χ2v) is 10.4. The third-order valence-electron chi connectivity index (χ3n) is 7.18. The van der Waals surface area contributed by atoms with Gasteiger partial charge < -0.3 is 14.8 Å². The number of nitro groups is 1. The van der Waals surface area contributed by atoms with Crippen molar-refractivity contribution in [2.75, 3.05) is 11.9 Å². The summed E-state index contributed by atoms with van der Waals surface area (Å²) < 4.78 is 12.7. The molecule has 3 aromatic rings. The molecule has 1 saturated heterocycles. The number of aryl methyl sites for hydroxylation is 1. The lowest BCUT2D eigenvalue weighted by Crippen LogP contribution is -2.54. The summed E-state index contributed by atoms with van der Waals surface area (Å²) in [6, 6.07) is 17.2. The normalized spacial score (nSPS) is 24.1. The van der Waals surface area contributed by atoms with Crippen LogP contribution in [0.3, 0.4) is 0 Å². The fraction of sp³-hybridized carbons (Fsp3) is 0.321. The number of para-hydroxylation sites is 1. The van der Waals surface area contributed by atoms with Gasteiger partial charge in [-0.25, -0.2) is 0 Å². The fourth-order valence-corrected chi connectivity index (χ4v) is 6.15. The predicted molar refractivity (Wildman–Crippen MR) is 144 cm³/mol. The highest BCUT2D eigenvalue weighted by molar-refractivity contribution is 9.10. The molecule has 4 atom stereocenters. The Balaban J connectivity index is 1.54. The van der Waals surface area contributed by atoms with Crippen molar-refractivity contribution in [2.45, 2.75) is 50.9 Å². The summed E-state index contributed by atoms with van der Waals surface area (Å²) in [5.74, 6) is 0.00655. The number of carbonyl (C=O) groups is 1. The summed E-state index contributed by atoms with van der Waals surface area (Å²) in [5, 5.41) is 18.8. The Labute approximate surface area is 223 Å². The molecule has 0 bridgehead atoms. The number of benzene rings is 3. The Morgan fingerprint density at radius 2 is 1.84 bits per heavy atom. The molecular formula is C28H28BrN3O5. The number of rotatable bonds is 7. The molecule has 5 rings (SSSR count). The Morgan fingerprint density at radius 3 is 2.54 bits per heavy atom. The first-order valence-electron chi connectivity index (χ1n) is 12.2. The highest BCUT2D eigenvalue weighted by atomic mass is 79.9. The molecule has 1 spiro atoms. The van der Waals surface area contributed by atoms with Crippen LogP contribution in [0.4, 0.5) is 5.69 Å².